The molecule has 0 spiro atoms. The smallest absolute Gasteiger partial charge is 0.255 e. The van der Waals surface area contributed by atoms with Crippen LogP contribution in [-0.4, -0.2) is 15.7 Å². The molecule has 0 aliphatic carbocycles. The van der Waals surface area contributed by atoms with Crippen molar-refractivity contribution in [3.63, 3.8) is 0 Å². The van der Waals surface area contributed by atoms with E-state index in [9.17, 15) is 4.79 Å². The number of thioether (sulfide) groups is 1. The van der Waals surface area contributed by atoms with Crippen LogP contribution in [-0.2, 0) is 6.42 Å². The van der Waals surface area contributed by atoms with Crippen molar-refractivity contribution in [2.75, 3.05) is 5.75 Å². The van der Waals surface area contributed by atoms with E-state index in [2.05, 4.69) is 16.5 Å². The second-order valence-electron chi connectivity index (χ2n) is 2.87. The summed E-state index contributed by atoms with van der Waals surface area (Å²) in [7, 11) is 0. The monoisotopic (exact) mass is 221 g/mol. The number of aromatic nitrogens is 2. The second kappa shape index (κ2) is 5.37. The van der Waals surface area contributed by atoms with Gasteiger partial charge in [-0.1, -0.05) is 17.8 Å². The topological polar surface area (TPSA) is 69.5 Å². The van der Waals surface area contributed by atoms with E-state index in [1.165, 1.54) is 11.8 Å². The molecule has 1 aromatic rings. The van der Waals surface area contributed by atoms with Gasteiger partial charge in [-0.05, 0) is 13.3 Å². The summed E-state index contributed by atoms with van der Waals surface area (Å²) in [4.78, 5) is 18.4. The fraction of sp³-hybridized carbons (Fsp3) is 0.300. The van der Waals surface area contributed by atoms with E-state index in [0.29, 0.717) is 22.8 Å². The van der Waals surface area contributed by atoms with E-state index < -0.39 is 0 Å². The normalized spacial score (nSPS) is 9.60. The molecule has 0 aromatic carbocycles. The average Bonchev–Trinajstić information content (AvgIpc) is 2.20. The number of hydrogen-bond donors (Lipinski definition) is 1. The molecule has 0 fully saturated rings. The lowest BCUT2D eigenvalue weighted by molar-refractivity contribution is 0.872. The number of aryl methyl sites for hydroxylation is 1. The summed E-state index contributed by atoms with van der Waals surface area (Å²) in [6, 6.07) is 1.98. The van der Waals surface area contributed by atoms with E-state index in [4.69, 9.17) is 5.26 Å². The molecule has 0 atom stereocenters. The molecule has 0 saturated carbocycles. The maximum absolute atomic E-state index is 11.6. The lowest BCUT2D eigenvalue weighted by Crippen LogP contribution is -2.16. The van der Waals surface area contributed by atoms with Crippen molar-refractivity contribution in [2.45, 2.75) is 18.5 Å². The standard InChI is InChI=1S/C10H11N3OS/c1-3-4-8-7(2)12-10(13-9(8)14)15-6-5-11/h3H,1,4,6H2,2H3,(H,12,13,14). The minimum absolute atomic E-state index is 0.150. The summed E-state index contributed by atoms with van der Waals surface area (Å²) in [6.07, 6.45) is 2.18. The Balaban J connectivity index is 3.03. The van der Waals surface area contributed by atoms with Crippen molar-refractivity contribution in [3.05, 3.63) is 34.3 Å². The maximum Gasteiger partial charge on any atom is 0.255 e. The van der Waals surface area contributed by atoms with E-state index in [-0.39, 0.29) is 11.3 Å². The number of rotatable bonds is 4. The van der Waals surface area contributed by atoms with Gasteiger partial charge in [0.15, 0.2) is 5.16 Å². The molecule has 0 amide bonds. The van der Waals surface area contributed by atoms with Crippen LogP contribution >= 0.6 is 11.8 Å². The molecule has 0 aliphatic heterocycles. The van der Waals surface area contributed by atoms with Crippen molar-refractivity contribution < 1.29 is 0 Å². The van der Waals surface area contributed by atoms with Gasteiger partial charge in [-0.2, -0.15) is 5.26 Å². The number of aromatic amines is 1. The van der Waals surface area contributed by atoms with Crippen LogP contribution in [0.15, 0.2) is 22.6 Å². The first-order valence-electron chi connectivity index (χ1n) is 4.39. The predicted molar refractivity (Wildman–Crippen MR) is 59.8 cm³/mol. The quantitative estimate of drug-likeness (QED) is 0.474. The van der Waals surface area contributed by atoms with Crippen LogP contribution in [0.4, 0.5) is 0 Å². The van der Waals surface area contributed by atoms with Gasteiger partial charge in [0.2, 0.25) is 0 Å². The molecule has 1 heterocycles. The zero-order valence-corrected chi connectivity index (χ0v) is 9.23. The summed E-state index contributed by atoms with van der Waals surface area (Å²) < 4.78 is 0. The van der Waals surface area contributed by atoms with Gasteiger partial charge in [0, 0.05) is 11.3 Å². The summed E-state index contributed by atoms with van der Waals surface area (Å²) in [5, 5.41) is 8.89. The Morgan fingerprint density at radius 1 is 1.73 bits per heavy atom. The first kappa shape index (κ1) is 11.5. The molecular weight excluding hydrogens is 210 g/mol. The molecule has 0 aliphatic rings. The van der Waals surface area contributed by atoms with Gasteiger partial charge in [-0.15, -0.1) is 6.58 Å². The van der Waals surface area contributed by atoms with Crippen LogP contribution in [0.2, 0.25) is 0 Å². The van der Waals surface area contributed by atoms with Crippen molar-refractivity contribution in [1.29, 1.82) is 5.26 Å². The summed E-state index contributed by atoms with van der Waals surface area (Å²) in [5.41, 5.74) is 1.17. The largest absolute Gasteiger partial charge is 0.301 e. The predicted octanol–water partition coefficient (Wildman–Crippen LogP) is 1.42. The molecule has 1 N–H and O–H groups in total. The van der Waals surface area contributed by atoms with Gasteiger partial charge in [-0.3, -0.25) is 4.79 Å². The highest BCUT2D eigenvalue weighted by molar-refractivity contribution is 7.99. The third-order valence-electron chi connectivity index (χ3n) is 1.82. The lowest BCUT2D eigenvalue weighted by atomic mass is 10.2. The highest BCUT2D eigenvalue weighted by Crippen LogP contribution is 2.11. The first-order valence-corrected chi connectivity index (χ1v) is 5.38. The molecule has 1 aromatic heterocycles. The van der Waals surface area contributed by atoms with Gasteiger partial charge in [0.1, 0.15) is 0 Å². The molecule has 78 valence electrons. The Hall–Kier alpha value is -1.54. The Morgan fingerprint density at radius 3 is 3.00 bits per heavy atom. The fourth-order valence-corrected chi connectivity index (χ4v) is 1.71. The van der Waals surface area contributed by atoms with E-state index in [1.54, 1.807) is 13.0 Å². The Labute approximate surface area is 92.0 Å². The van der Waals surface area contributed by atoms with E-state index >= 15 is 0 Å². The Kier molecular flexibility index (Phi) is 4.13. The number of allylic oxidation sites excluding steroid dienone is 1. The molecule has 5 heteroatoms. The van der Waals surface area contributed by atoms with Crippen LogP contribution < -0.4 is 5.56 Å². The Morgan fingerprint density at radius 2 is 2.47 bits per heavy atom. The zero-order valence-electron chi connectivity index (χ0n) is 8.41. The first-order chi connectivity index (χ1) is 7.19. The second-order valence-corrected chi connectivity index (χ2v) is 3.84. The number of H-pyrrole nitrogens is 1. The van der Waals surface area contributed by atoms with E-state index in [1.807, 2.05) is 6.07 Å². The van der Waals surface area contributed by atoms with Crippen molar-refractivity contribution >= 4 is 11.8 Å². The third-order valence-corrected chi connectivity index (χ3v) is 2.56. The third kappa shape index (κ3) is 2.96. The molecule has 1 rings (SSSR count). The fourth-order valence-electron chi connectivity index (χ4n) is 1.14. The van der Waals surface area contributed by atoms with Gasteiger partial charge in [0.25, 0.3) is 5.56 Å². The van der Waals surface area contributed by atoms with Gasteiger partial charge < -0.3 is 4.98 Å². The van der Waals surface area contributed by atoms with Gasteiger partial charge >= 0.3 is 0 Å². The zero-order chi connectivity index (χ0) is 11.3. The summed E-state index contributed by atoms with van der Waals surface area (Å²) in [6.45, 7) is 5.36. The average molecular weight is 221 g/mol. The minimum atomic E-state index is -0.150. The van der Waals surface area contributed by atoms with Crippen LogP contribution in [0.5, 0.6) is 0 Å². The van der Waals surface area contributed by atoms with Crippen molar-refractivity contribution in [2.24, 2.45) is 0 Å². The van der Waals surface area contributed by atoms with E-state index in [0.717, 1.165) is 0 Å². The molecule has 4 nitrogen and oxygen atoms in total. The van der Waals surface area contributed by atoms with Gasteiger partial charge in [0.05, 0.1) is 11.8 Å². The summed E-state index contributed by atoms with van der Waals surface area (Å²) >= 11 is 1.22. The van der Waals surface area contributed by atoms with Gasteiger partial charge in [-0.25, -0.2) is 4.98 Å². The number of nitrogens with zero attached hydrogens (tertiary/aromatic N) is 2. The van der Waals surface area contributed by atoms with Crippen LogP contribution in [0, 0.1) is 18.3 Å². The van der Waals surface area contributed by atoms with Crippen molar-refractivity contribution in [3.8, 4) is 6.07 Å². The molecule has 0 bridgehead atoms. The highest BCUT2D eigenvalue weighted by atomic mass is 32.2. The molecule has 0 radical (unpaired) electrons. The van der Waals surface area contributed by atoms with Crippen molar-refractivity contribution in [1.82, 2.24) is 9.97 Å². The Bertz CT molecular complexity index is 459. The lowest BCUT2D eigenvalue weighted by Gasteiger charge is -2.03. The van der Waals surface area contributed by atoms with Crippen LogP contribution in [0.1, 0.15) is 11.3 Å². The number of nitrogens with one attached hydrogen (secondary N) is 1. The molecule has 0 saturated heterocycles. The number of nitriles is 1. The van der Waals surface area contributed by atoms with Crippen LogP contribution in [0.3, 0.4) is 0 Å². The minimum Gasteiger partial charge on any atom is -0.301 e. The maximum atomic E-state index is 11.6. The highest BCUT2D eigenvalue weighted by Gasteiger charge is 2.06. The number of hydrogen-bond acceptors (Lipinski definition) is 4. The molecule has 0 unspecified atom stereocenters. The van der Waals surface area contributed by atoms with Crippen LogP contribution in [0.25, 0.3) is 0 Å². The summed E-state index contributed by atoms with van der Waals surface area (Å²) in [5.74, 6) is 0.281. The molecule has 15 heavy (non-hydrogen) atoms. The molecular formula is C10H11N3OS. The SMILES string of the molecule is C=CCc1c(C)nc(SCC#N)[nH]c1=O.